The first kappa shape index (κ1) is 25.9. The molecule has 0 aliphatic rings. The second-order valence-corrected chi connectivity index (χ2v) is 4.92. The topological polar surface area (TPSA) is 102 Å². The lowest BCUT2D eigenvalue weighted by atomic mass is 10.2. The van der Waals surface area contributed by atoms with E-state index in [0.717, 1.165) is 0 Å². The molecule has 0 saturated carbocycles. The molecular formula is C20H27N3O4. The number of nitrogens with one attached hydrogen (secondary N) is 1. The molecule has 7 nitrogen and oxygen atoms in total. The van der Waals surface area contributed by atoms with E-state index in [4.69, 9.17) is 14.1 Å². The highest BCUT2D eigenvalue weighted by atomic mass is 16.5. The SMILES string of the molecule is C/C=C\C(=NC)C(=O)NCc1ccno1.C=O.C=O.Cc1ccc(C)cc1. The number of hydrogen-bond donors (Lipinski definition) is 1. The Balaban J connectivity index is 0. The van der Waals surface area contributed by atoms with E-state index in [1.54, 1.807) is 25.3 Å². The van der Waals surface area contributed by atoms with Crippen molar-refractivity contribution < 1.29 is 18.9 Å². The third-order valence-corrected chi connectivity index (χ3v) is 2.93. The molecule has 0 unspecified atom stereocenters. The molecule has 7 heteroatoms. The monoisotopic (exact) mass is 373 g/mol. The standard InChI is InChI=1S/C10H13N3O2.C8H10.2CH2O/c1-3-4-9(11-2)10(14)12-7-8-5-6-13-15-8;1-7-3-5-8(2)6-4-7;2*1-2/h3-6H,7H2,1-2H3,(H,12,14);3-6H,1-2H3;2*1H2/b4-3-,11-9?;;;. The van der Waals surface area contributed by atoms with Gasteiger partial charge in [-0.05, 0) is 26.8 Å². The van der Waals surface area contributed by atoms with Crippen molar-refractivity contribution in [1.82, 2.24) is 10.5 Å². The lowest BCUT2D eigenvalue weighted by molar-refractivity contribution is -0.115. The summed E-state index contributed by atoms with van der Waals surface area (Å²) in [5.41, 5.74) is 3.04. The Bertz CT molecular complexity index is 655. The van der Waals surface area contributed by atoms with Crippen molar-refractivity contribution in [3.63, 3.8) is 0 Å². The van der Waals surface area contributed by atoms with Gasteiger partial charge in [-0.2, -0.15) is 0 Å². The van der Waals surface area contributed by atoms with E-state index in [-0.39, 0.29) is 5.91 Å². The maximum Gasteiger partial charge on any atom is 0.269 e. The first-order valence-electron chi connectivity index (χ1n) is 7.95. The molecule has 0 saturated heterocycles. The number of carbonyl (C=O) groups is 3. The van der Waals surface area contributed by atoms with Gasteiger partial charge < -0.3 is 19.4 Å². The number of hydrogen-bond acceptors (Lipinski definition) is 6. The molecule has 1 N–H and O–H groups in total. The van der Waals surface area contributed by atoms with Crippen molar-refractivity contribution in [3.05, 3.63) is 65.6 Å². The molecule has 0 aliphatic carbocycles. The highest BCUT2D eigenvalue weighted by molar-refractivity contribution is 6.43. The number of aryl methyl sites for hydroxylation is 2. The number of aliphatic imine (C=N–C) groups is 1. The molecule has 1 aromatic carbocycles. The van der Waals surface area contributed by atoms with Gasteiger partial charge in [0, 0.05) is 13.1 Å². The molecule has 0 fully saturated rings. The third-order valence-electron chi connectivity index (χ3n) is 2.93. The Morgan fingerprint density at radius 2 is 1.63 bits per heavy atom. The second-order valence-electron chi connectivity index (χ2n) is 4.92. The maximum atomic E-state index is 11.5. The van der Waals surface area contributed by atoms with Crippen molar-refractivity contribution in [2.24, 2.45) is 4.99 Å². The molecular weight excluding hydrogens is 346 g/mol. The lowest BCUT2D eigenvalue weighted by Crippen LogP contribution is -2.29. The Hall–Kier alpha value is -3.35. The van der Waals surface area contributed by atoms with Crippen LogP contribution in [0.25, 0.3) is 0 Å². The van der Waals surface area contributed by atoms with E-state index in [2.05, 4.69) is 53.6 Å². The van der Waals surface area contributed by atoms with Gasteiger partial charge >= 0.3 is 0 Å². The zero-order valence-electron chi connectivity index (χ0n) is 16.3. The molecule has 0 spiro atoms. The molecule has 0 radical (unpaired) electrons. The van der Waals surface area contributed by atoms with E-state index in [0.29, 0.717) is 18.0 Å². The normalized spacial score (nSPS) is 9.70. The summed E-state index contributed by atoms with van der Waals surface area (Å²) in [7, 11) is 1.57. The van der Waals surface area contributed by atoms with Gasteiger partial charge in [0.05, 0.1) is 12.7 Å². The summed E-state index contributed by atoms with van der Waals surface area (Å²) in [4.78, 5) is 31.4. The van der Waals surface area contributed by atoms with E-state index in [1.807, 2.05) is 20.5 Å². The van der Waals surface area contributed by atoms with Crippen molar-refractivity contribution in [1.29, 1.82) is 0 Å². The number of nitrogens with zero attached hydrogens (tertiary/aromatic N) is 2. The van der Waals surface area contributed by atoms with Crippen LogP contribution >= 0.6 is 0 Å². The fraction of sp³-hybridized carbons (Fsp3) is 0.250. The fourth-order valence-electron chi connectivity index (χ4n) is 1.64. The first-order valence-corrected chi connectivity index (χ1v) is 7.95. The average molecular weight is 373 g/mol. The van der Waals surface area contributed by atoms with Gasteiger partial charge in [0.1, 0.15) is 19.3 Å². The van der Waals surface area contributed by atoms with Crippen LogP contribution in [-0.4, -0.2) is 37.4 Å². The largest absolute Gasteiger partial charge is 0.360 e. The Morgan fingerprint density at radius 1 is 1.11 bits per heavy atom. The summed E-state index contributed by atoms with van der Waals surface area (Å²) < 4.78 is 4.83. The first-order chi connectivity index (χ1) is 13.1. The Kier molecular flexibility index (Phi) is 16.8. The van der Waals surface area contributed by atoms with Gasteiger partial charge in [-0.15, -0.1) is 0 Å². The Morgan fingerprint density at radius 3 is 2.00 bits per heavy atom. The van der Waals surface area contributed by atoms with E-state index < -0.39 is 0 Å². The molecule has 1 heterocycles. The molecule has 1 amide bonds. The van der Waals surface area contributed by atoms with Crippen LogP contribution < -0.4 is 5.32 Å². The van der Waals surface area contributed by atoms with E-state index in [9.17, 15) is 4.79 Å². The summed E-state index contributed by atoms with van der Waals surface area (Å²) in [6, 6.07) is 10.2. The molecule has 0 atom stereocenters. The van der Waals surface area contributed by atoms with Crippen molar-refractivity contribution >= 4 is 25.2 Å². The lowest BCUT2D eigenvalue weighted by Gasteiger charge is -2.01. The molecule has 0 aliphatic heterocycles. The summed E-state index contributed by atoms with van der Waals surface area (Å²) >= 11 is 0. The van der Waals surface area contributed by atoms with Gasteiger partial charge in [-0.1, -0.05) is 46.6 Å². The van der Waals surface area contributed by atoms with Gasteiger partial charge in [0.25, 0.3) is 5.91 Å². The summed E-state index contributed by atoms with van der Waals surface area (Å²) in [5.74, 6) is 0.381. The molecule has 2 rings (SSSR count). The van der Waals surface area contributed by atoms with Crippen LogP contribution in [-0.2, 0) is 20.9 Å². The van der Waals surface area contributed by atoms with Crippen LogP contribution in [0.15, 0.2) is 58.2 Å². The molecule has 27 heavy (non-hydrogen) atoms. The number of amides is 1. The number of benzene rings is 1. The number of aromatic nitrogens is 1. The maximum absolute atomic E-state index is 11.5. The zero-order chi connectivity index (χ0) is 21.1. The van der Waals surface area contributed by atoms with Crippen LogP contribution in [0.4, 0.5) is 0 Å². The third kappa shape index (κ3) is 12.6. The van der Waals surface area contributed by atoms with Gasteiger partial charge in [0.2, 0.25) is 0 Å². The summed E-state index contributed by atoms with van der Waals surface area (Å²) in [5, 5.41) is 6.20. The fourth-order valence-corrected chi connectivity index (χ4v) is 1.64. The quantitative estimate of drug-likeness (QED) is 0.830. The van der Waals surface area contributed by atoms with Crippen LogP contribution in [0, 0.1) is 13.8 Å². The van der Waals surface area contributed by atoms with Crippen molar-refractivity contribution in [3.8, 4) is 0 Å². The summed E-state index contributed by atoms with van der Waals surface area (Å²) in [6.45, 7) is 10.3. The number of rotatable bonds is 4. The number of allylic oxidation sites excluding steroid dienone is 1. The van der Waals surface area contributed by atoms with Gasteiger partial charge in [-0.25, -0.2) is 0 Å². The Labute approximate surface area is 160 Å². The average Bonchev–Trinajstić information content (AvgIpc) is 3.24. The minimum absolute atomic E-state index is 0.230. The second kappa shape index (κ2) is 17.5. The molecule has 146 valence electrons. The smallest absolute Gasteiger partial charge is 0.269 e. The molecule has 0 bridgehead atoms. The zero-order valence-corrected chi connectivity index (χ0v) is 16.3. The van der Waals surface area contributed by atoms with Crippen LogP contribution in [0.2, 0.25) is 0 Å². The highest BCUT2D eigenvalue weighted by Gasteiger charge is 2.07. The minimum atomic E-state index is -0.230. The van der Waals surface area contributed by atoms with Gasteiger partial charge in [-0.3, -0.25) is 9.79 Å². The minimum Gasteiger partial charge on any atom is -0.360 e. The predicted octanol–water partition coefficient (Wildman–Crippen LogP) is 2.87. The van der Waals surface area contributed by atoms with E-state index >= 15 is 0 Å². The van der Waals surface area contributed by atoms with Crippen LogP contribution in [0.5, 0.6) is 0 Å². The summed E-state index contributed by atoms with van der Waals surface area (Å²) in [6.07, 6.45) is 4.94. The highest BCUT2D eigenvalue weighted by Crippen LogP contribution is 1.99. The van der Waals surface area contributed by atoms with Crippen molar-refractivity contribution in [2.45, 2.75) is 27.3 Å². The van der Waals surface area contributed by atoms with E-state index in [1.165, 1.54) is 17.3 Å². The van der Waals surface area contributed by atoms with Gasteiger partial charge in [0.15, 0.2) is 5.76 Å². The van der Waals surface area contributed by atoms with Crippen molar-refractivity contribution in [2.75, 3.05) is 7.05 Å². The predicted molar refractivity (Wildman–Crippen MR) is 107 cm³/mol. The molecule has 2 aromatic rings. The van der Waals surface area contributed by atoms with Crippen LogP contribution in [0.3, 0.4) is 0 Å². The van der Waals surface area contributed by atoms with Crippen LogP contribution in [0.1, 0.15) is 23.8 Å². The molecule has 1 aromatic heterocycles. The number of carbonyl (C=O) groups excluding carboxylic acids is 3.